The van der Waals surface area contributed by atoms with E-state index in [1.54, 1.807) is 56.6 Å². The molecule has 0 saturated heterocycles. The number of rotatable bonds is 10. The van der Waals surface area contributed by atoms with Crippen molar-refractivity contribution in [1.82, 2.24) is 19.4 Å². The maximum absolute atomic E-state index is 13.6. The number of hydrogen-bond acceptors (Lipinski definition) is 7. The molecule has 2 aromatic carbocycles. The van der Waals surface area contributed by atoms with Gasteiger partial charge in [-0.05, 0) is 75.5 Å². The zero-order chi connectivity index (χ0) is 26.7. The Morgan fingerprint density at radius 1 is 1.03 bits per heavy atom. The van der Waals surface area contributed by atoms with Crippen molar-refractivity contribution >= 4 is 38.4 Å². The number of fused-ring (bicyclic) bond motifs is 1. The van der Waals surface area contributed by atoms with Crippen molar-refractivity contribution in [2.75, 3.05) is 43.4 Å². The van der Waals surface area contributed by atoms with Crippen molar-refractivity contribution in [1.29, 1.82) is 0 Å². The highest BCUT2D eigenvalue weighted by molar-refractivity contribution is 7.92. The van der Waals surface area contributed by atoms with Crippen LogP contribution in [0.3, 0.4) is 0 Å². The highest BCUT2D eigenvalue weighted by atomic mass is 32.2. The molecule has 0 spiro atoms. The van der Waals surface area contributed by atoms with Crippen LogP contribution >= 0.6 is 0 Å². The van der Waals surface area contributed by atoms with Crippen LogP contribution in [0.1, 0.15) is 11.1 Å². The molecule has 0 aliphatic carbocycles. The van der Waals surface area contributed by atoms with Gasteiger partial charge in [0.05, 0.1) is 16.1 Å². The van der Waals surface area contributed by atoms with Crippen LogP contribution in [0.4, 0.5) is 11.5 Å². The number of aromatic nitrogens is 3. The number of nitrogens with one attached hydrogen (secondary N) is 1. The molecule has 2 heterocycles. The first-order chi connectivity index (χ1) is 17.6. The molecule has 0 aliphatic rings. The van der Waals surface area contributed by atoms with Gasteiger partial charge < -0.3 is 15.3 Å². The Labute approximate surface area is 216 Å². The van der Waals surface area contributed by atoms with Gasteiger partial charge in [-0.1, -0.05) is 6.07 Å². The van der Waals surface area contributed by atoms with Gasteiger partial charge in [0.25, 0.3) is 10.0 Å². The molecule has 0 aliphatic heterocycles. The second-order valence-electron chi connectivity index (χ2n) is 9.12. The van der Waals surface area contributed by atoms with Gasteiger partial charge in [0, 0.05) is 37.1 Å². The van der Waals surface area contributed by atoms with Gasteiger partial charge in [-0.25, -0.2) is 18.4 Å². The van der Waals surface area contributed by atoms with Gasteiger partial charge in [-0.2, -0.15) is 0 Å². The van der Waals surface area contributed by atoms with E-state index in [9.17, 15) is 18.3 Å². The molecular weight excluding hydrogens is 492 g/mol. The molecule has 2 aromatic heterocycles. The molecule has 0 radical (unpaired) electrons. The van der Waals surface area contributed by atoms with Crippen LogP contribution in [0.5, 0.6) is 0 Å². The average molecular weight is 523 g/mol. The zero-order valence-electron chi connectivity index (χ0n) is 21.2. The van der Waals surface area contributed by atoms with Gasteiger partial charge in [-0.15, -0.1) is 0 Å². The molecule has 2 N–H and O–H groups in total. The second kappa shape index (κ2) is 10.6. The third-order valence-corrected chi connectivity index (χ3v) is 7.53. The Morgan fingerprint density at radius 3 is 2.41 bits per heavy atom. The largest absolute Gasteiger partial charge is 0.480 e. The summed E-state index contributed by atoms with van der Waals surface area (Å²) in [5.74, 6) is -0.0244. The maximum Gasteiger partial charge on any atom is 0.324 e. The number of carbonyl (C=O) groups is 1. The molecule has 37 heavy (non-hydrogen) atoms. The van der Waals surface area contributed by atoms with Crippen LogP contribution < -0.4 is 9.62 Å². The normalized spacial score (nSPS) is 11.7. The van der Waals surface area contributed by atoms with Gasteiger partial charge in [0.1, 0.15) is 6.54 Å². The summed E-state index contributed by atoms with van der Waals surface area (Å²) in [7, 11) is -0.142. The molecule has 0 unspecified atom stereocenters. The fourth-order valence-corrected chi connectivity index (χ4v) is 5.74. The number of sulfonamides is 1. The molecule has 0 atom stereocenters. The van der Waals surface area contributed by atoms with E-state index in [0.29, 0.717) is 18.2 Å². The lowest BCUT2D eigenvalue weighted by Crippen LogP contribution is -2.35. The summed E-state index contributed by atoms with van der Waals surface area (Å²) in [6, 6.07) is 11.8. The number of aryl methyl sites for hydroxylation is 2. The molecule has 10 nitrogen and oxygen atoms in total. The highest BCUT2D eigenvalue weighted by Gasteiger charge is 2.28. The molecule has 11 heteroatoms. The number of carboxylic acids is 1. The Bertz CT molecular complexity index is 1530. The summed E-state index contributed by atoms with van der Waals surface area (Å²) >= 11 is 0. The summed E-state index contributed by atoms with van der Waals surface area (Å²) in [4.78, 5) is 22.7. The third kappa shape index (κ3) is 5.73. The van der Waals surface area contributed by atoms with Gasteiger partial charge in [0.2, 0.25) is 0 Å². The minimum Gasteiger partial charge on any atom is -0.480 e. The van der Waals surface area contributed by atoms with Crippen LogP contribution in [0.15, 0.2) is 66.0 Å². The highest BCUT2D eigenvalue weighted by Crippen LogP contribution is 2.30. The quantitative estimate of drug-likeness (QED) is 0.326. The lowest BCUT2D eigenvalue weighted by atomic mass is 10.2. The topological polar surface area (TPSA) is 121 Å². The Kier molecular flexibility index (Phi) is 7.46. The first-order valence-corrected chi connectivity index (χ1v) is 13.1. The average Bonchev–Trinajstić information content (AvgIpc) is 3.25. The predicted octanol–water partition coefficient (Wildman–Crippen LogP) is 3.29. The van der Waals surface area contributed by atoms with Crippen molar-refractivity contribution in [2.24, 2.45) is 0 Å². The molecule has 4 rings (SSSR count). The smallest absolute Gasteiger partial charge is 0.324 e. The van der Waals surface area contributed by atoms with Gasteiger partial charge >= 0.3 is 5.97 Å². The van der Waals surface area contributed by atoms with Gasteiger partial charge in [0.15, 0.2) is 11.6 Å². The Hall–Kier alpha value is -3.96. The second-order valence-corrected chi connectivity index (χ2v) is 11.0. The van der Waals surface area contributed by atoms with E-state index in [4.69, 9.17) is 0 Å². The van der Waals surface area contributed by atoms with Gasteiger partial charge in [-0.3, -0.25) is 13.7 Å². The molecular formula is C26H30N6O4S. The number of carboxylic acid groups (broad SMARTS) is 1. The maximum atomic E-state index is 13.6. The Morgan fingerprint density at radius 2 is 1.73 bits per heavy atom. The van der Waals surface area contributed by atoms with E-state index in [2.05, 4.69) is 20.2 Å². The number of likely N-dealkylation sites (N-methyl/N-ethyl adjacent to an activating group) is 1. The van der Waals surface area contributed by atoms with E-state index in [-0.39, 0.29) is 10.6 Å². The number of nitrogens with zero attached hydrogens (tertiary/aromatic N) is 5. The lowest BCUT2D eigenvalue weighted by molar-refractivity contribution is -0.135. The summed E-state index contributed by atoms with van der Waals surface area (Å²) < 4.78 is 29.9. The summed E-state index contributed by atoms with van der Waals surface area (Å²) in [5.41, 5.74) is 2.59. The number of hydrogen-bond donors (Lipinski definition) is 2. The first-order valence-electron chi connectivity index (χ1n) is 11.7. The van der Waals surface area contributed by atoms with Crippen molar-refractivity contribution in [3.8, 4) is 5.82 Å². The van der Waals surface area contributed by atoms with Crippen LogP contribution in [0.2, 0.25) is 0 Å². The fraction of sp³-hybridized carbons (Fsp3) is 0.269. The van der Waals surface area contributed by atoms with Crippen molar-refractivity contribution in [2.45, 2.75) is 18.7 Å². The van der Waals surface area contributed by atoms with Crippen molar-refractivity contribution in [3.63, 3.8) is 0 Å². The zero-order valence-corrected chi connectivity index (χ0v) is 22.0. The monoisotopic (exact) mass is 522 g/mol. The molecule has 0 saturated carbocycles. The van der Waals surface area contributed by atoms with Crippen LogP contribution in [-0.2, 0) is 14.8 Å². The summed E-state index contributed by atoms with van der Waals surface area (Å²) in [6.45, 7) is 4.41. The van der Waals surface area contributed by atoms with E-state index in [0.717, 1.165) is 32.9 Å². The number of aliphatic carboxylic acids is 1. The summed E-state index contributed by atoms with van der Waals surface area (Å²) in [6.07, 6.45) is 5.06. The minimum absolute atomic E-state index is 0.0527. The standard InChI is InChI=1S/C26H30N6O4S/c1-18-13-19(2)15-22(14-18)37(35,36)32(17-24(33)34)21-5-6-23-20(16-21)7-11-31(23)26-25(27-8-9-29-26)28-10-12-30(3)4/h5-9,11,13-16H,10,12,17H2,1-4H3,(H,27,28)(H,33,34). The van der Waals surface area contributed by atoms with E-state index < -0.39 is 22.5 Å². The molecule has 194 valence electrons. The van der Waals surface area contributed by atoms with E-state index in [1.165, 1.54) is 0 Å². The molecule has 4 aromatic rings. The first kappa shape index (κ1) is 26.1. The predicted molar refractivity (Wildman–Crippen MR) is 144 cm³/mol. The molecule has 0 amide bonds. The van der Waals surface area contributed by atoms with Crippen LogP contribution in [0.25, 0.3) is 16.7 Å². The lowest BCUT2D eigenvalue weighted by Gasteiger charge is -2.23. The third-order valence-electron chi connectivity index (χ3n) is 5.78. The Balaban J connectivity index is 1.74. The summed E-state index contributed by atoms with van der Waals surface area (Å²) in [5, 5.41) is 13.6. The van der Waals surface area contributed by atoms with Crippen molar-refractivity contribution in [3.05, 3.63) is 72.2 Å². The number of benzene rings is 2. The molecule has 0 bridgehead atoms. The van der Waals surface area contributed by atoms with E-state index >= 15 is 0 Å². The van der Waals surface area contributed by atoms with Crippen LogP contribution in [0, 0.1) is 13.8 Å². The molecule has 0 fully saturated rings. The minimum atomic E-state index is -4.12. The van der Waals surface area contributed by atoms with Crippen LogP contribution in [-0.4, -0.2) is 72.7 Å². The van der Waals surface area contributed by atoms with Crippen molar-refractivity contribution < 1.29 is 18.3 Å². The fourth-order valence-electron chi connectivity index (χ4n) is 4.15. The SMILES string of the molecule is Cc1cc(C)cc(S(=O)(=O)N(CC(=O)O)c2ccc3c(ccn3-c3nccnc3NCCN(C)C)c2)c1. The van der Waals surface area contributed by atoms with E-state index in [1.807, 2.05) is 37.0 Å². The number of anilines is 2.